The third-order valence-corrected chi connectivity index (χ3v) is 7.08. The summed E-state index contributed by atoms with van der Waals surface area (Å²) < 4.78 is 17.6. The molecular weight excluding hydrogens is 428 g/mol. The number of ether oxygens (including phenoxy) is 3. The zero-order valence-corrected chi connectivity index (χ0v) is 19.1. The molecule has 0 bridgehead atoms. The lowest BCUT2D eigenvalue weighted by atomic mass is 9.76. The number of aromatic nitrogens is 1. The van der Waals surface area contributed by atoms with Crippen LogP contribution in [0.15, 0.2) is 47.2 Å². The molecule has 4 unspecified atom stereocenters. The molecule has 1 aromatic heterocycles. The Morgan fingerprint density at radius 3 is 2.81 bits per heavy atom. The molecule has 2 aliphatic heterocycles. The highest BCUT2D eigenvalue weighted by Crippen LogP contribution is 2.49. The normalized spacial score (nSPS) is 27.4. The van der Waals surface area contributed by atoms with Crippen molar-refractivity contribution < 1.29 is 23.8 Å². The van der Waals surface area contributed by atoms with Gasteiger partial charge < -0.3 is 14.2 Å². The number of fused-ring (bicyclic) bond motifs is 1. The Morgan fingerprint density at radius 1 is 1.25 bits per heavy atom. The third-order valence-electron chi connectivity index (χ3n) is 6.31. The van der Waals surface area contributed by atoms with Crippen molar-refractivity contribution >= 4 is 28.2 Å². The van der Waals surface area contributed by atoms with E-state index in [9.17, 15) is 9.59 Å². The van der Waals surface area contributed by atoms with Gasteiger partial charge in [0.1, 0.15) is 11.9 Å². The lowest BCUT2D eigenvalue weighted by molar-refractivity contribution is -0.135. The Kier molecular flexibility index (Phi) is 5.51. The van der Waals surface area contributed by atoms with E-state index < -0.39 is 6.04 Å². The second-order valence-corrected chi connectivity index (χ2v) is 9.55. The molecule has 0 radical (unpaired) electrons. The number of benzene rings is 1. The molecule has 168 valence electrons. The number of carbonyl (C=O) groups excluding carboxylic acids is 2. The zero-order chi connectivity index (χ0) is 22.4. The molecule has 1 aliphatic carbocycles. The number of Topliss-reactive ketones (excluding diaryl/α,β-unsaturated/α-hetero) is 1. The van der Waals surface area contributed by atoms with Gasteiger partial charge in [0, 0.05) is 25.1 Å². The fourth-order valence-electron chi connectivity index (χ4n) is 4.92. The Labute approximate surface area is 191 Å². The highest BCUT2D eigenvalue weighted by Gasteiger charge is 2.53. The van der Waals surface area contributed by atoms with E-state index in [1.54, 1.807) is 18.2 Å². The molecule has 0 N–H and O–H groups in total. The first-order chi connectivity index (χ1) is 15.5. The summed E-state index contributed by atoms with van der Waals surface area (Å²) in [5, 5.41) is 2.36. The fourth-order valence-corrected chi connectivity index (χ4v) is 5.59. The minimum absolute atomic E-state index is 0.00149. The molecule has 0 saturated heterocycles. The number of ketones is 1. The van der Waals surface area contributed by atoms with Gasteiger partial charge in [-0.15, -0.1) is 11.3 Å². The minimum atomic E-state index is -0.590. The van der Waals surface area contributed by atoms with Crippen LogP contribution < -0.4 is 9.64 Å². The van der Waals surface area contributed by atoms with E-state index >= 15 is 0 Å². The van der Waals surface area contributed by atoms with Crippen LogP contribution in [-0.2, 0) is 19.1 Å². The van der Waals surface area contributed by atoms with Crippen LogP contribution in [0.5, 0.6) is 5.75 Å². The van der Waals surface area contributed by atoms with Crippen molar-refractivity contribution in [2.45, 2.75) is 57.5 Å². The molecule has 1 saturated carbocycles. The van der Waals surface area contributed by atoms with E-state index in [0.717, 1.165) is 12.0 Å². The lowest BCUT2D eigenvalue weighted by Gasteiger charge is -2.38. The van der Waals surface area contributed by atoms with E-state index in [1.807, 2.05) is 43.5 Å². The SMILES string of the molecule is COC1CCC2C(=O)C3=C(OC2C1)C(=O)N(c1nccs1)C3c1cccc(OC(C)C)c1. The number of carbonyl (C=O) groups is 2. The molecular formula is C24H26N2O5S. The first kappa shape index (κ1) is 21.2. The predicted molar refractivity (Wildman–Crippen MR) is 120 cm³/mol. The highest BCUT2D eigenvalue weighted by atomic mass is 32.1. The smallest absolute Gasteiger partial charge is 0.296 e. The standard InChI is InChI=1S/C24H26N2O5S/c1-13(2)30-16-6-4-5-14(11-16)20-19-21(27)17-8-7-15(29-3)12-18(17)31-22(19)23(28)26(20)24-25-9-10-32-24/h4-6,9-11,13,15,17-18,20H,7-8,12H2,1-3H3. The van der Waals surface area contributed by atoms with Gasteiger partial charge in [-0.3, -0.25) is 14.5 Å². The monoisotopic (exact) mass is 454 g/mol. The van der Waals surface area contributed by atoms with E-state index in [-0.39, 0.29) is 41.7 Å². The van der Waals surface area contributed by atoms with E-state index in [4.69, 9.17) is 14.2 Å². The number of methoxy groups -OCH3 is 1. The van der Waals surface area contributed by atoms with Crippen molar-refractivity contribution in [3.05, 3.63) is 52.7 Å². The Morgan fingerprint density at radius 2 is 2.09 bits per heavy atom. The van der Waals surface area contributed by atoms with Gasteiger partial charge in [-0.05, 0) is 44.4 Å². The summed E-state index contributed by atoms with van der Waals surface area (Å²) in [6, 6.07) is 6.99. The van der Waals surface area contributed by atoms with Gasteiger partial charge in [-0.25, -0.2) is 4.98 Å². The van der Waals surface area contributed by atoms with E-state index in [2.05, 4.69) is 4.98 Å². The molecule has 3 heterocycles. The average molecular weight is 455 g/mol. The van der Waals surface area contributed by atoms with Crippen LogP contribution in [0.4, 0.5) is 5.13 Å². The molecule has 1 fully saturated rings. The van der Waals surface area contributed by atoms with Crippen LogP contribution in [0.3, 0.4) is 0 Å². The van der Waals surface area contributed by atoms with Crippen LogP contribution >= 0.6 is 11.3 Å². The summed E-state index contributed by atoms with van der Waals surface area (Å²) in [6.45, 7) is 3.92. The third kappa shape index (κ3) is 3.51. The molecule has 4 atom stereocenters. The first-order valence-corrected chi connectivity index (χ1v) is 11.8. The summed E-state index contributed by atoms with van der Waals surface area (Å²) >= 11 is 1.36. The molecule has 2 aromatic rings. The van der Waals surface area contributed by atoms with Crippen LogP contribution in [0.2, 0.25) is 0 Å². The topological polar surface area (TPSA) is 78.0 Å². The lowest BCUT2D eigenvalue weighted by Crippen LogP contribution is -2.43. The number of hydrogen-bond donors (Lipinski definition) is 0. The van der Waals surface area contributed by atoms with Crippen LogP contribution in [-0.4, -0.2) is 42.1 Å². The average Bonchev–Trinajstić information content (AvgIpc) is 3.40. The molecule has 8 heteroatoms. The van der Waals surface area contributed by atoms with Crippen molar-refractivity contribution in [1.82, 2.24) is 4.98 Å². The van der Waals surface area contributed by atoms with E-state index in [1.165, 1.54) is 11.3 Å². The van der Waals surface area contributed by atoms with Gasteiger partial charge in [-0.2, -0.15) is 0 Å². The largest absolute Gasteiger partial charge is 0.491 e. The number of anilines is 1. The predicted octanol–water partition coefficient (Wildman–Crippen LogP) is 4.06. The molecule has 5 rings (SSSR count). The second kappa shape index (κ2) is 8.33. The fraction of sp³-hybridized carbons (Fsp3) is 0.458. The highest BCUT2D eigenvalue weighted by molar-refractivity contribution is 7.13. The Hall–Kier alpha value is -2.71. The van der Waals surface area contributed by atoms with Crippen molar-refractivity contribution in [3.8, 4) is 5.75 Å². The van der Waals surface area contributed by atoms with E-state index in [0.29, 0.717) is 29.3 Å². The Balaban J connectivity index is 1.59. The van der Waals surface area contributed by atoms with Crippen LogP contribution in [0, 0.1) is 5.92 Å². The maximum absolute atomic E-state index is 13.7. The van der Waals surface area contributed by atoms with Gasteiger partial charge >= 0.3 is 0 Å². The maximum Gasteiger partial charge on any atom is 0.296 e. The molecule has 32 heavy (non-hydrogen) atoms. The Bertz CT molecular complexity index is 1060. The number of thiazole rings is 1. The first-order valence-electron chi connectivity index (χ1n) is 11.0. The van der Waals surface area contributed by atoms with Crippen molar-refractivity contribution in [3.63, 3.8) is 0 Å². The number of nitrogens with zero attached hydrogens (tertiary/aromatic N) is 2. The summed E-state index contributed by atoms with van der Waals surface area (Å²) in [6.07, 6.45) is 3.48. The summed E-state index contributed by atoms with van der Waals surface area (Å²) in [5.41, 5.74) is 1.24. The number of hydrogen-bond acceptors (Lipinski definition) is 7. The number of amides is 1. The molecule has 7 nitrogen and oxygen atoms in total. The summed E-state index contributed by atoms with van der Waals surface area (Å²) in [7, 11) is 1.67. The zero-order valence-electron chi connectivity index (χ0n) is 18.3. The quantitative estimate of drug-likeness (QED) is 0.678. The number of rotatable bonds is 5. The minimum Gasteiger partial charge on any atom is -0.491 e. The molecule has 3 aliphatic rings. The summed E-state index contributed by atoms with van der Waals surface area (Å²) in [4.78, 5) is 33.3. The molecule has 0 spiro atoms. The van der Waals surface area contributed by atoms with Crippen molar-refractivity contribution in [2.24, 2.45) is 5.92 Å². The summed E-state index contributed by atoms with van der Waals surface area (Å²) in [5.74, 6) is 0.269. The van der Waals surface area contributed by atoms with Gasteiger partial charge in [-0.1, -0.05) is 12.1 Å². The maximum atomic E-state index is 13.7. The van der Waals surface area contributed by atoms with Gasteiger partial charge in [0.25, 0.3) is 5.91 Å². The van der Waals surface area contributed by atoms with Crippen molar-refractivity contribution in [1.29, 1.82) is 0 Å². The van der Waals surface area contributed by atoms with Crippen LogP contribution in [0.25, 0.3) is 0 Å². The van der Waals surface area contributed by atoms with Crippen molar-refractivity contribution in [2.75, 3.05) is 12.0 Å². The van der Waals surface area contributed by atoms with Gasteiger partial charge in [0.15, 0.2) is 16.7 Å². The van der Waals surface area contributed by atoms with Gasteiger partial charge in [0.05, 0.1) is 29.7 Å². The molecule has 1 amide bonds. The molecule has 1 aromatic carbocycles. The second-order valence-electron chi connectivity index (χ2n) is 8.67. The van der Waals surface area contributed by atoms with Gasteiger partial charge in [0.2, 0.25) is 0 Å². The van der Waals surface area contributed by atoms with Crippen LogP contribution in [0.1, 0.15) is 44.7 Å².